The molecule has 0 radical (unpaired) electrons. The van der Waals surface area contributed by atoms with Crippen molar-refractivity contribution in [3.63, 3.8) is 0 Å². The van der Waals surface area contributed by atoms with E-state index in [9.17, 15) is 19.2 Å². The molecule has 4 amide bonds. The van der Waals surface area contributed by atoms with Gasteiger partial charge in [0.15, 0.2) is 6.61 Å². The van der Waals surface area contributed by atoms with Crippen molar-refractivity contribution in [2.45, 2.75) is 23.1 Å². The molecular weight excluding hydrogens is 394 g/mol. The smallest absolute Gasteiger partial charge is 0.321 e. The molecule has 2 aromatic rings. The molecular formula is C20H19N3O5S. The van der Waals surface area contributed by atoms with Crippen LogP contribution in [-0.2, 0) is 25.7 Å². The number of carbonyl (C=O) groups excluding carboxylic acids is 4. The average Bonchev–Trinajstić information content (AvgIpc) is 2.72. The molecule has 150 valence electrons. The Morgan fingerprint density at radius 3 is 2.55 bits per heavy atom. The highest BCUT2D eigenvalue weighted by Crippen LogP contribution is 2.36. The van der Waals surface area contributed by atoms with Gasteiger partial charge in [-0.25, -0.2) is 4.79 Å². The second-order valence-corrected chi connectivity index (χ2v) is 7.42. The van der Waals surface area contributed by atoms with Crippen molar-refractivity contribution in [1.82, 2.24) is 10.6 Å². The van der Waals surface area contributed by atoms with Gasteiger partial charge in [0.1, 0.15) is 0 Å². The van der Waals surface area contributed by atoms with Gasteiger partial charge in [0.25, 0.3) is 5.91 Å². The molecule has 0 aromatic heterocycles. The molecule has 1 unspecified atom stereocenters. The van der Waals surface area contributed by atoms with Crippen LogP contribution in [0.15, 0.2) is 59.5 Å². The maximum Gasteiger partial charge on any atom is 0.321 e. The van der Waals surface area contributed by atoms with Crippen molar-refractivity contribution in [2.24, 2.45) is 0 Å². The van der Waals surface area contributed by atoms with Gasteiger partial charge in [-0.2, -0.15) is 0 Å². The van der Waals surface area contributed by atoms with E-state index in [0.29, 0.717) is 5.69 Å². The number of para-hydroxylation sites is 1. The van der Waals surface area contributed by atoms with E-state index >= 15 is 0 Å². The highest BCUT2D eigenvalue weighted by molar-refractivity contribution is 8.01. The minimum absolute atomic E-state index is 0.182. The van der Waals surface area contributed by atoms with E-state index in [-0.39, 0.29) is 18.9 Å². The van der Waals surface area contributed by atoms with E-state index in [4.69, 9.17) is 4.74 Å². The van der Waals surface area contributed by atoms with Gasteiger partial charge < -0.3 is 15.4 Å². The number of imide groups is 1. The van der Waals surface area contributed by atoms with Crippen molar-refractivity contribution < 1.29 is 23.9 Å². The van der Waals surface area contributed by atoms with Crippen molar-refractivity contribution in [1.29, 1.82) is 0 Å². The highest BCUT2D eigenvalue weighted by Gasteiger charge is 2.29. The lowest BCUT2D eigenvalue weighted by Crippen LogP contribution is -2.41. The predicted octanol–water partition coefficient (Wildman–Crippen LogP) is 2.06. The number of amides is 4. The van der Waals surface area contributed by atoms with E-state index < -0.39 is 29.8 Å². The summed E-state index contributed by atoms with van der Waals surface area (Å²) in [7, 11) is 0. The Morgan fingerprint density at radius 1 is 1.03 bits per heavy atom. The molecule has 3 rings (SSSR count). The van der Waals surface area contributed by atoms with Crippen molar-refractivity contribution >= 4 is 41.3 Å². The molecule has 0 saturated heterocycles. The number of rotatable bonds is 6. The Morgan fingerprint density at radius 2 is 1.76 bits per heavy atom. The molecule has 0 saturated carbocycles. The molecule has 8 nitrogen and oxygen atoms in total. The summed E-state index contributed by atoms with van der Waals surface area (Å²) < 4.78 is 4.88. The van der Waals surface area contributed by atoms with Crippen LogP contribution in [0, 0.1) is 0 Å². The Bertz CT molecular complexity index is 919. The molecule has 0 aliphatic carbocycles. The predicted molar refractivity (Wildman–Crippen MR) is 107 cm³/mol. The molecule has 1 atom stereocenters. The molecule has 2 aromatic carbocycles. The number of benzene rings is 2. The van der Waals surface area contributed by atoms with Gasteiger partial charge in [0, 0.05) is 11.4 Å². The first kappa shape index (κ1) is 20.4. The molecule has 1 aliphatic heterocycles. The zero-order valence-corrected chi connectivity index (χ0v) is 16.2. The number of esters is 1. The number of nitrogens with one attached hydrogen (secondary N) is 3. The van der Waals surface area contributed by atoms with Gasteiger partial charge in [-0.1, -0.05) is 42.5 Å². The fraction of sp³-hybridized carbons (Fsp3) is 0.200. The molecule has 3 N–H and O–H groups in total. The second-order valence-electron chi connectivity index (χ2n) is 6.17. The summed E-state index contributed by atoms with van der Waals surface area (Å²) >= 11 is 1.27. The molecule has 0 bridgehead atoms. The minimum Gasteiger partial charge on any atom is -0.456 e. The van der Waals surface area contributed by atoms with E-state index in [1.807, 2.05) is 48.5 Å². The largest absolute Gasteiger partial charge is 0.456 e. The van der Waals surface area contributed by atoms with Crippen LogP contribution in [0.5, 0.6) is 0 Å². The minimum atomic E-state index is -0.755. The van der Waals surface area contributed by atoms with Crippen molar-refractivity contribution in [2.75, 3.05) is 11.9 Å². The summed E-state index contributed by atoms with van der Waals surface area (Å²) in [5, 5.41) is 6.70. The Balaban J connectivity index is 1.38. The number of hydrogen-bond acceptors (Lipinski definition) is 6. The van der Waals surface area contributed by atoms with Crippen LogP contribution in [0.25, 0.3) is 0 Å². The van der Waals surface area contributed by atoms with Gasteiger partial charge in [-0.15, -0.1) is 11.8 Å². The zero-order chi connectivity index (χ0) is 20.6. The maximum absolute atomic E-state index is 12.1. The second kappa shape index (κ2) is 9.74. The van der Waals surface area contributed by atoms with Crippen LogP contribution in [0.1, 0.15) is 12.0 Å². The molecule has 1 heterocycles. The van der Waals surface area contributed by atoms with Crippen molar-refractivity contribution in [3.05, 3.63) is 60.2 Å². The lowest BCUT2D eigenvalue weighted by molar-refractivity contribution is -0.148. The van der Waals surface area contributed by atoms with Crippen LogP contribution in [-0.4, -0.2) is 35.7 Å². The number of urea groups is 1. The van der Waals surface area contributed by atoms with Gasteiger partial charge in [-0.05, 0) is 17.7 Å². The molecule has 1 aliphatic rings. The summed E-state index contributed by atoms with van der Waals surface area (Å²) in [5.41, 5.74) is 1.58. The monoisotopic (exact) mass is 413 g/mol. The van der Waals surface area contributed by atoms with Crippen molar-refractivity contribution in [3.8, 4) is 0 Å². The number of thioether (sulfide) groups is 1. The zero-order valence-electron chi connectivity index (χ0n) is 15.3. The lowest BCUT2D eigenvalue weighted by atomic mass is 10.2. The summed E-state index contributed by atoms with van der Waals surface area (Å²) in [6.45, 7) is -0.345. The van der Waals surface area contributed by atoms with Gasteiger partial charge in [0.2, 0.25) is 5.91 Å². The number of anilines is 1. The van der Waals surface area contributed by atoms with E-state index in [2.05, 4.69) is 16.0 Å². The summed E-state index contributed by atoms with van der Waals surface area (Å²) in [4.78, 5) is 48.4. The molecule has 9 heteroatoms. The fourth-order valence-electron chi connectivity index (χ4n) is 2.57. The summed E-state index contributed by atoms with van der Waals surface area (Å²) in [5.74, 6) is -1.75. The SMILES string of the molecule is O=C(COC(=O)CC1Sc2ccccc2NC1=O)NC(=O)NCc1ccccc1. The topological polar surface area (TPSA) is 114 Å². The molecule has 29 heavy (non-hydrogen) atoms. The third kappa shape index (κ3) is 6.08. The first-order valence-electron chi connectivity index (χ1n) is 8.85. The van der Waals surface area contributed by atoms with Gasteiger partial charge >= 0.3 is 12.0 Å². The average molecular weight is 413 g/mol. The van der Waals surface area contributed by atoms with Crippen LogP contribution in [0.3, 0.4) is 0 Å². The van der Waals surface area contributed by atoms with Crippen LogP contribution in [0.2, 0.25) is 0 Å². The number of carbonyl (C=O) groups is 4. The number of fused-ring (bicyclic) bond motifs is 1. The number of ether oxygens (including phenoxy) is 1. The highest BCUT2D eigenvalue weighted by atomic mass is 32.2. The van der Waals surface area contributed by atoms with Gasteiger partial charge in [-0.3, -0.25) is 19.7 Å². The summed E-state index contributed by atoms with van der Waals surface area (Å²) in [6, 6.07) is 15.8. The van der Waals surface area contributed by atoms with E-state index in [1.54, 1.807) is 6.07 Å². The third-order valence-corrected chi connectivity index (χ3v) is 5.25. The Kier molecular flexibility index (Phi) is 6.85. The maximum atomic E-state index is 12.1. The first-order valence-corrected chi connectivity index (χ1v) is 9.73. The molecule has 0 fully saturated rings. The third-order valence-electron chi connectivity index (χ3n) is 3.97. The van der Waals surface area contributed by atoms with Gasteiger partial charge in [0.05, 0.1) is 17.4 Å². The quantitative estimate of drug-likeness (QED) is 0.625. The first-order chi connectivity index (χ1) is 14.0. The van der Waals surface area contributed by atoms with E-state index in [0.717, 1.165) is 10.5 Å². The molecule has 0 spiro atoms. The van der Waals surface area contributed by atoms with Crippen LogP contribution < -0.4 is 16.0 Å². The van der Waals surface area contributed by atoms with E-state index in [1.165, 1.54) is 11.8 Å². The van der Waals surface area contributed by atoms with Crippen LogP contribution >= 0.6 is 11.8 Å². The summed E-state index contributed by atoms with van der Waals surface area (Å²) in [6.07, 6.45) is -0.182. The normalized spacial score (nSPS) is 14.9. The lowest BCUT2D eigenvalue weighted by Gasteiger charge is -2.23. The Hall–Kier alpha value is -3.33. The fourth-order valence-corrected chi connectivity index (χ4v) is 3.66. The Labute approximate surface area is 171 Å². The standard InChI is InChI=1S/C20H19N3O5S/c24-17(23-20(27)21-11-13-6-2-1-3-7-13)12-28-18(25)10-16-19(26)22-14-8-4-5-9-15(14)29-16/h1-9,16H,10-12H2,(H,22,26)(H2,21,23,24,27). The number of hydrogen-bond donors (Lipinski definition) is 3. The van der Waals surface area contributed by atoms with Crippen LogP contribution in [0.4, 0.5) is 10.5 Å².